The molecule has 0 saturated carbocycles. The van der Waals surface area contributed by atoms with Crippen molar-refractivity contribution < 1.29 is 0 Å². The summed E-state index contributed by atoms with van der Waals surface area (Å²) in [6.45, 7) is 12.5. The van der Waals surface area contributed by atoms with E-state index in [1.807, 2.05) is 0 Å². The van der Waals surface area contributed by atoms with E-state index in [0.29, 0.717) is 6.04 Å². The van der Waals surface area contributed by atoms with E-state index in [0.717, 1.165) is 18.4 Å². The second-order valence-electron chi connectivity index (χ2n) is 4.17. The molecule has 0 aliphatic rings. The van der Waals surface area contributed by atoms with Crippen molar-refractivity contribution in [3.8, 4) is 0 Å². The Morgan fingerprint density at radius 1 is 1.00 bits per heavy atom. The first kappa shape index (κ1) is 11.0. The Labute approximate surface area is 71.6 Å². The highest BCUT2D eigenvalue weighted by Gasteiger charge is 2.04. The van der Waals surface area contributed by atoms with Crippen molar-refractivity contribution in [3.63, 3.8) is 0 Å². The molecule has 1 N–H and O–H groups in total. The molecule has 0 aromatic heterocycles. The summed E-state index contributed by atoms with van der Waals surface area (Å²) in [6.07, 6.45) is 1.29. The summed E-state index contributed by atoms with van der Waals surface area (Å²) in [5.41, 5.74) is 0. The van der Waals surface area contributed by atoms with Crippen molar-refractivity contribution >= 4 is 0 Å². The summed E-state index contributed by atoms with van der Waals surface area (Å²) >= 11 is 0. The van der Waals surface area contributed by atoms with E-state index in [4.69, 9.17) is 0 Å². The average Bonchev–Trinajstić information content (AvgIpc) is 1.86. The van der Waals surface area contributed by atoms with E-state index in [-0.39, 0.29) is 0 Å². The number of rotatable bonds is 5. The maximum absolute atomic E-state index is 3.51. The molecule has 0 unspecified atom stereocenters. The molecule has 0 fully saturated rings. The minimum absolute atomic E-state index is 0.661. The fourth-order valence-corrected chi connectivity index (χ4v) is 0.835. The lowest BCUT2D eigenvalue weighted by Gasteiger charge is -2.17. The first-order valence-electron chi connectivity index (χ1n) is 4.77. The maximum Gasteiger partial charge on any atom is 0.00617 e. The van der Waals surface area contributed by atoms with Crippen molar-refractivity contribution in [1.82, 2.24) is 5.32 Å². The third kappa shape index (κ3) is 6.36. The van der Waals surface area contributed by atoms with E-state index in [2.05, 4.69) is 39.9 Å². The molecule has 0 saturated heterocycles. The molecular formula is C10H23N. The van der Waals surface area contributed by atoms with Crippen molar-refractivity contribution in [2.24, 2.45) is 11.8 Å². The summed E-state index contributed by atoms with van der Waals surface area (Å²) in [6, 6.07) is 0.661. The molecule has 0 aromatic rings. The minimum atomic E-state index is 0.661. The molecule has 0 aliphatic carbocycles. The Morgan fingerprint density at radius 3 is 1.91 bits per heavy atom. The predicted molar refractivity (Wildman–Crippen MR) is 51.8 cm³/mol. The highest BCUT2D eigenvalue weighted by Crippen LogP contribution is 2.01. The van der Waals surface area contributed by atoms with Gasteiger partial charge >= 0.3 is 0 Å². The lowest BCUT2D eigenvalue weighted by atomic mass is 10.1. The first-order chi connectivity index (χ1) is 5.04. The van der Waals surface area contributed by atoms with Crippen LogP contribution in [0.25, 0.3) is 0 Å². The summed E-state index contributed by atoms with van der Waals surface area (Å²) < 4.78 is 0. The normalized spacial score (nSPS) is 14.5. The molecule has 0 amide bonds. The Morgan fingerprint density at radius 2 is 1.55 bits per heavy atom. The fraction of sp³-hybridized carbons (Fsp3) is 1.00. The molecule has 68 valence electrons. The fourth-order valence-electron chi connectivity index (χ4n) is 0.835. The minimum Gasteiger partial charge on any atom is -0.314 e. The van der Waals surface area contributed by atoms with E-state index in [1.54, 1.807) is 0 Å². The van der Waals surface area contributed by atoms with Gasteiger partial charge in [-0.3, -0.25) is 0 Å². The molecule has 0 bridgehead atoms. The van der Waals surface area contributed by atoms with E-state index < -0.39 is 0 Å². The molecule has 11 heavy (non-hydrogen) atoms. The number of nitrogens with one attached hydrogen (secondary N) is 1. The monoisotopic (exact) mass is 157 g/mol. The second kappa shape index (κ2) is 5.59. The number of hydrogen-bond donors (Lipinski definition) is 1. The average molecular weight is 157 g/mol. The van der Waals surface area contributed by atoms with Gasteiger partial charge < -0.3 is 5.32 Å². The zero-order chi connectivity index (χ0) is 8.85. The molecule has 0 radical (unpaired) electrons. The first-order valence-corrected chi connectivity index (χ1v) is 4.77. The quantitative estimate of drug-likeness (QED) is 0.647. The van der Waals surface area contributed by atoms with Crippen molar-refractivity contribution in [2.45, 2.75) is 47.1 Å². The van der Waals surface area contributed by atoms with Gasteiger partial charge in [-0.25, -0.2) is 0 Å². The summed E-state index contributed by atoms with van der Waals surface area (Å²) in [5.74, 6) is 1.57. The van der Waals surface area contributed by atoms with Crippen LogP contribution in [-0.2, 0) is 0 Å². The molecule has 1 atom stereocenters. The Kier molecular flexibility index (Phi) is 5.57. The van der Waals surface area contributed by atoms with Gasteiger partial charge in [-0.1, -0.05) is 27.7 Å². The molecule has 0 rings (SSSR count). The van der Waals surface area contributed by atoms with Gasteiger partial charge in [0, 0.05) is 6.04 Å². The zero-order valence-corrected chi connectivity index (χ0v) is 8.65. The molecule has 0 heterocycles. The molecule has 0 spiro atoms. The third-order valence-electron chi connectivity index (χ3n) is 2.19. The third-order valence-corrected chi connectivity index (χ3v) is 2.19. The molecule has 1 nitrogen and oxygen atoms in total. The second-order valence-corrected chi connectivity index (χ2v) is 4.17. The summed E-state index contributed by atoms with van der Waals surface area (Å²) in [4.78, 5) is 0. The van der Waals surface area contributed by atoms with Gasteiger partial charge in [-0.2, -0.15) is 0 Å². The Balaban J connectivity index is 3.24. The van der Waals surface area contributed by atoms with Gasteiger partial charge in [0.05, 0.1) is 0 Å². The van der Waals surface area contributed by atoms with Crippen LogP contribution in [0.15, 0.2) is 0 Å². The van der Waals surface area contributed by atoms with Crippen LogP contribution in [0.1, 0.15) is 41.0 Å². The highest BCUT2D eigenvalue weighted by atomic mass is 14.9. The van der Waals surface area contributed by atoms with Crippen LogP contribution < -0.4 is 5.32 Å². The molecule has 0 aliphatic heterocycles. The standard InChI is InChI=1S/C10H23N/c1-8(2)6-7-11-10(5)9(3)4/h8-11H,6-7H2,1-5H3/t10-/m0/s1. The van der Waals surface area contributed by atoms with Gasteiger partial charge in [0.25, 0.3) is 0 Å². The Bertz CT molecular complexity index is 86.9. The van der Waals surface area contributed by atoms with Crippen LogP contribution in [0, 0.1) is 11.8 Å². The Hall–Kier alpha value is -0.0400. The van der Waals surface area contributed by atoms with E-state index >= 15 is 0 Å². The molecular weight excluding hydrogens is 134 g/mol. The largest absolute Gasteiger partial charge is 0.314 e. The van der Waals surface area contributed by atoms with Crippen molar-refractivity contribution in [2.75, 3.05) is 6.54 Å². The molecule has 0 aromatic carbocycles. The highest BCUT2D eigenvalue weighted by molar-refractivity contribution is 4.64. The van der Waals surface area contributed by atoms with Gasteiger partial charge in [0.15, 0.2) is 0 Å². The lowest BCUT2D eigenvalue weighted by Crippen LogP contribution is -2.31. The zero-order valence-electron chi connectivity index (χ0n) is 8.65. The van der Waals surface area contributed by atoms with E-state index in [1.165, 1.54) is 6.42 Å². The lowest BCUT2D eigenvalue weighted by molar-refractivity contribution is 0.408. The SMILES string of the molecule is CC(C)CCN[C@@H](C)C(C)C. The van der Waals surface area contributed by atoms with Gasteiger partial charge in [-0.15, -0.1) is 0 Å². The van der Waals surface area contributed by atoms with Crippen molar-refractivity contribution in [3.05, 3.63) is 0 Å². The van der Waals surface area contributed by atoms with Gasteiger partial charge in [-0.05, 0) is 31.7 Å². The summed E-state index contributed by atoms with van der Waals surface area (Å²) in [5, 5.41) is 3.51. The van der Waals surface area contributed by atoms with Gasteiger partial charge in [0.1, 0.15) is 0 Å². The topological polar surface area (TPSA) is 12.0 Å². The van der Waals surface area contributed by atoms with Crippen LogP contribution in [0.3, 0.4) is 0 Å². The van der Waals surface area contributed by atoms with Crippen molar-refractivity contribution in [1.29, 1.82) is 0 Å². The summed E-state index contributed by atoms with van der Waals surface area (Å²) in [7, 11) is 0. The maximum atomic E-state index is 3.51. The van der Waals surface area contributed by atoms with Crippen LogP contribution in [-0.4, -0.2) is 12.6 Å². The number of hydrogen-bond acceptors (Lipinski definition) is 1. The van der Waals surface area contributed by atoms with Crippen LogP contribution in [0.5, 0.6) is 0 Å². The van der Waals surface area contributed by atoms with Gasteiger partial charge in [0.2, 0.25) is 0 Å². The predicted octanol–water partition coefficient (Wildman–Crippen LogP) is 2.67. The van der Waals surface area contributed by atoms with E-state index in [9.17, 15) is 0 Å². The van der Waals surface area contributed by atoms with Crippen LogP contribution in [0.2, 0.25) is 0 Å². The van der Waals surface area contributed by atoms with Crippen LogP contribution >= 0.6 is 0 Å². The smallest absolute Gasteiger partial charge is 0.00617 e. The molecule has 1 heteroatoms. The van der Waals surface area contributed by atoms with Crippen LogP contribution in [0.4, 0.5) is 0 Å².